The van der Waals surface area contributed by atoms with Crippen LogP contribution in [0.25, 0.3) is 0 Å². The quantitative estimate of drug-likeness (QED) is 0.729. The molecule has 1 saturated heterocycles. The smallest absolute Gasteiger partial charge is 0.0223 e. The van der Waals surface area contributed by atoms with E-state index in [1.165, 1.54) is 45.4 Å². The van der Waals surface area contributed by atoms with Gasteiger partial charge in [-0.3, -0.25) is 0 Å². The molecule has 2 nitrogen and oxygen atoms in total. The summed E-state index contributed by atoms with van der Waals surface area (Å²) in [6.07, 6.45) is 4.44. The average molecular weight is 194 g/mol. The van der Waals surface area contributed by atoms with Gasteiger partial charge in [-0.15, -0.1) is 0 Å². The molecule has 3 unspecified atom stereocenters. The monoisotopic (exact) mass is 194 g/mol. The zero-order valence-electron chi connectivity index (χ0n) is 9.21. The van der Waals surface area contributed by atoms with Crippen molar-refractivity contribution in [1.29, 1.82) is 0 Å². The van der Waals surface area contributed by atoms with Gasteiger partial charge in [0, 0.05) is 32.2 Å². The summed E-state index contributed by atoms with van der Waals surface area (Å²) in [5, 5.41) is 3.67. The van der Waals surface area contributed by atoms with E-state index in [1.54, 1.807) is 0 Å². The number of piperazine rings is 1. The summed E-state index contributed by atoms with van der Waals surface area (Å²) < 4.78 is 0. The molecular weight excluding hydrogens is 172 g/mol. The molecule has 0 aromatic heterocycles. The van der Waals surface area contributed by atoms with Crippen LogP contribution in [0.2, 0.25) is 0 Å². The first kappa shape index (κ1) is 9.17. The molecular formula is C12H22N2. The summed E-state index contributed by atoms with van der Waals surface area (Å²) in [5.41, 5.74) is 0. The molecule has 1 heterocycles. The molecule has 3 rings (SSSR count). The third-order valence-corrected chi connectivity index (χ3v) is 4.25. The van der Waals surface area contributed by atoms with Crippen molar-refractivity contribution >= 4 is 0 Å². The molecule has 3 fully saturated rings. The fraction of sp³-hybridized carbons (Fsp3) is 1.00. The predicted octanol–water partition coefficient (Wildman–Crippen LogP) is 1.33. The Kier molecular flexibility index (Phi) is 2.29. The highest BCUT2D eigenvalue weighted by Crippen LogP contribution is 2.39. The zero-order chi connectivity index (χ0) is 9.54. The van der Waals surface area contributed by atoms with Gasteiger partial charge < -0.3 is 10.2 Å². The van der Waals surface area contributed by atoms with E-state index in [0.29, 0.717) is 0 Å². The third kappa shape index (κ3) is 1.96. The first-order valence-electron chi connectivity index (χ1n) is 6.28. The molecule has 14 heavy (non-hydrogen) atoms. The van der Waals surface area contributed by atoms with E-state index in [2.05, 4.69) is 17.1 Å². The Hall–Kier alpha value is -0.0800. The van der Waals surface area contributed by atoms with Gasteiger partial charge in [-0.25, -0.2) is 0 Å². The minimum atomic E-state index is 0.831. The first-order chi connectivity index (χ1) is 6.83. The van der Waals surface area contributed by atoms with Crippen molar-refractivity contribution < 1.29 is 0 Å². The second kappa shape index (κ2) is 3.49. The van der Waals surface area contributed by atoms with Crippen LogP contribution in [0.15, 0.2) is 0 Å². The molecule has 2 aliphatic carbocycles. The molecule has 2 heteroatoms. The van der Waals surface area contributed by atoms with Gasteiger partial charge in [-0.1, -0.05) is 6.92 Å². The highest BCUT2D eigenvalue weighted by atomic mass is 15.2. The number of nitrogens with one attached hydrogen (secondary N) is 1. The Bertz CT molecular complexity index is 212. The number of nitrogens with zero attached hydrogens (tertiary/aromatic N) is 1. The van der Waals surface area contributed by atoms with Crippen LogP contribution in [0.1, 0.15) is 26.2 Å². The van der Waals surface area contributed by atoms with Gasteiger partial charge in [-0.2, -0.15) is 0 Å². The van der Waals surface area contributed by atoms with Crippen molar-refractivity contribution in [2.45, 2.75) is 32.2 Å². The third-order valence-electron chi connectivity index (χ3n) is 4.25. The van der Waals surface area contributed by atoms with Gasteiger partial charge >= 0.3 is 0 Å². The first-order valence-corrected chi connectivity index (χ1v) is 6.28. The summed E-state index contributed by atoms with van der Waals surface area (Å²) in [6, 6.07) is 0.831. The van der Waals surface area contributed by atoms with Crippen molar-refractivity contribution in [2.24, 2.45) is 17.8 Å². The molecule has 0 spiro atoms. The second-order valence-corrected chi connectivity index (χ2v) is 5.63. The molecule has 1 aliphatic heterocycles. The minimum absolute atomic E-state index is 0.831. The Balaban J connectivity index is 1.48. The van der Waals surface area contributed by atoms with Crippen LogP contribution in [0, 0.1) is 17.8 Å². The number of hydrogen-bond acceptors (Lipinski definition) is 2. The Labute approximate surface area is 87.0 Å². The van der Waals surface area contributed by atoms with Crippen molar-refractivity contribution in [1.82, 2.24) is 10.2 Å². The van der Waals surface area contributed by atoms with Gasteiger partial charge in [0.05, 0.1) is 0 Å². The van der Waals surface area contributed by atoms with E-state index >= 15 is 0 Å². The van der Waals surface area contributed by atoms with Gasteiger partial charge in [0.1, 0.15) is 0 Å². The molecule has 80 valence electrons. The normalized spacial score (nSPS) is 43.9. The second-order valence-electron chi connectivity index (χ2n) is 5.63. The zero-order valence-corrected chi connectivity index (χ0v) is 9.21. The summed E-state index contributed by atoms with van der Waals surface area (Å²) in [4.78, 5) is 2.70. The van der Waals surface area contributed by atoms with Crippen LogP contribution >= 0.6 is 0 Å². The van der Waals surface area contributed by atoms with Crippen LogP contribution < -0.4 is 5.32 Å². The summed E-state index contributed by atoms with van der Waals surface area (Å²) in [5.74, 6) is 3.08. The highest BCUT2D eigenvalue weighted by molar-refractivity contribution is 4.93. The lowest BCUT2D eigenvalue weighted by molar-refractivity contribution is 0.180. The maximum absolute atomic E-state index is 3.67. The number of hydrogen-bond donors (Lipinski definition) is 1. The lowest BCUT2D eigenvalue weighted by Crippen LogP contribution is -2.52. The van der Waals surface area contributed by atoms with Crippen molar-refractivity contribution in [3.63, 3.8) is 0 Å². The topological polar surface area (TPSA) is 15.3 Å². The van der Waals surface area contributed by atoms with Gasteiger partial charge in [0.25, 0.3) is 0 Å². The van der Waals surface area contributed by atoms with E-state index in [4.69, 9.17) is 0 Å². The maximum atomic E-state index is 3.67. The molecule has 1 N–H and O–H groups in total. The minimum Gasteiger partial charge on any atom is -0.311 e. The summed E-state index contributed by atoms with van der Waals surface area (Å²) in [6.45, 7) is 7.61. The fourth-order valence-corrected chi connectivity index (χ4v) is 2.81. The van der Waals surface area contributed by atoms with Gasteiger partial charge in [0.2, 0.25) is 0 Å². The molecule has 0 amide bonds. The molecule has 0 bridgehead atoms. The van der Waals surface area contributed by atoms with Crippen LogP contribution in [0.3, 0.4) is 0 Å². The SMILES string of the molecule is CC1CC1CN1CCNC(C2CC2)C1. The van der Waals surface area contributed by atoms with Crippen molar-refractivity contribution in [3.8, 4) is 0 Å². The highest BCUT2D eigenvalue weighted by Gasteiger charge is 2.37. The summed E-state index contributed by atoms with van der Waals surface area (Å²) >= 11 is 0. The largest absolute Gasteiger partial charge is 0.311 e. The average Bonchev–Trinajstić information content (AvgIpc) is 3.04. The Morgan fingerprint density at radius 3 is 2.79 bits per heavy atom. The van der Waals surface area contributed by atoms with E-state index in [9.17, 15) is 0 Å². The van der Waals surface area contributed by atoms with Gasteiger partial charge in [0.15, 0.2) is 0 Å². The van der Waals surface area contributed by atoms with E-state index < -0.39 is 0 Å². The fourth-order valence-electron chi connectivity index (χ4n) is 2.81. The van der Waals surface area contributed by atoms with Crippen molar-refractivity contribution in [2.75, 3.05) is 26.2 Å². The summed E-state index contributed by atoms with van der Waals surface area (Å²) in [7, 11) is 0. The molecule has 3 atom stereocenters. The molecule has 0 aromatic rings. The van der Waals surface area contributed by atoms with E-state index in [0.717, 1.165) is 23.8 Å². The lowest BCUT2D eigenvalue weighted by atomic mass is 10.1. The van der Waals surface area contributed by atoms with E-state index in [1.807, 2.05) is 0 Å². The Morgan fingerprint density at radius 1 is 1.36 bits per heavy atom. The molecule has 0 radical (unpaired) electrons. The van der Waals surface area contributed by atoms with Crippen LogP contribution in [-0.4, -0.2) is 37.1 Å². The van der Waals surface area contributed by atoms with Crippen molar-refractivity contribution in [3.05, 3.63) is 0 Å². The Morgan fingerprint density at radius 2 is 2.14 bits per heavy atom. The predicted molar refractivity (Wildman–Crippen MR) is 58.2 cm³/mol. The number of rotatable bonds is 3. The maximum Gasteiger partial charge on any atom is 0.0223 e. The van der Waals surface area contributed by atoms with Crippen LogP contribution in [-0.2, 0) is 0 Å². The molecule has 2 saturated carbocycles. The standard InChI is InChI=1S/C12H22N2/c1-9-6-11(9)7-14-5-4-13-12(8-14)10-2-3-10/h9-13H,2-8H2,1H3. The van der Waals surface area contributed by atoms with E-state index in [-0.39, 0.29) is 0 Å². The lowest BCUT2D eigenvalue weighted by Gasteiger charge is -2.34. The van der Waals surface area contributed by atoms with Crippen LogP contribution in [0.4, 0.5) is 0 Å². The van der Waals surface area contributed by atoms with Crippen LogP contribution in [0.5, 0.6) is 0 Å². The molecule has 0 aromatic carbocycles. The van der Waals surface area contributed by atoms with Gasteiger partial charge in [-0.05, 0) is 37.0 Å². The molecule has 3 aliphatic rings.